The summed E-state index contributed by atoms with van der Waals surface area (Å²) in [6.45, 7) is 10.7. The monoisotopic (exact) mass is 732 g/mol. The van der Waals surface area contributed by atoms with Gasteiger partial charge in [-0.3, -0.25) is 14.8 Å². The summed E-state index contributed by atoms with van der Waals surface area (Å²) >= 11 is 0. The highest BCUT2D eigenvalue weighted by molar-refractivity contribution is 5.45. The Morgan fingerprint density at radius 2 is 1.45 bits per heavy atom. The Kier molecular flexibility index (Phi) is 21.2. The topological polar surface area (TPSA) is 124 Å². The first kappa shape index (κ1) is 44.4. The molecule has 1 aromatic carbocycles. The lowest BCUT2D eigenvalue weighted by Crippen LogP contribution is -2.01. The molecule has 0 atom stereocenters. The van der Waals surface area contributed by atoms with Crippen molar-refractivity contribution in [2.24, 2.45) is 21.1 Å². The molecule has 5 rings (SSSR count). The van der Waals surface area contributed by atoms with E-state index < -0.39 is 4.92 Å². The van der Waals surface area contributed by atoms with Gasteiger partial charge in [0.2, 0.25) is 5.88 Å². The maximum atomic E-state index is 10.9. The first-order chi connectivity index (χ1) is 25.6. The van der Waals surface area contributed by atoms with Crippen LogP contribution in [0, 0.1) is 10.1 Å². The highest BCUT2D eigenvalue weighted by Crippen LogP contribution is 2.28. The Bertz CT molecular complexity index is 1660. The number of nitro benzene ring substituents is 1. The predicted octanol–water partition coefficient (Wildman–Crippen LogP) is 9.37. The molecule has 4 aromatic heterocycles. The zero-order valence-electron chi connectivity index (χ0n) is 33.9. The largest absolute Gasteiger partial charge is 0.481 e. The number of benzene rings is 1. The average Bonchev–Trinajstić information content (AvgIpc) is 3.98. The molecule has 0 saturated carbocycles. The Morgan fingerprint density at radius 1 is 0.792 bits per heavy atom. The van der Waals surface area contributed by atoms with E-state index in [0.717, 1.165) is 67.2 Å². The molecule has 0 unspecified atom stereocenters. The summed E-state index contributed by atoms with van der Waals surface area (Å²) in [6.07, 6.45) is 28.1. The standard InChI is InChI=1S/C23H35N3O3.3C6H10N2/c1-4-6-7-8-9-10-11-12-13-14-22-21(5-2)23(29-3)25(24-22)19-15-17-20(18-16-19)26(27)28;1-3-6-4-7-5-8(6)2;1-3-6-4-7-8(2)5-6;1-3-6-7-4-5-8(6)2/h15-18H,4-14H2,1-3H3;3*4-5H,3H2,1-2H3. The van der Waals surface area contributed by atoms with Crippen LogP contribution in [0.5, 0.6) is 5.88 Å². The number of hydrogen-bond donors (Lipinski definition) is 0. The number of unbranched alkanes of at least 4 members (excludes halogenated alkanes) is 8. The van der Waals surface area contributed by atoms with Gasteiger partial charge in [0, 0.05) is 75.7 Å². The fourth-order valence-corrected chi connectivity index (χ4v) is 5.85. The van der Waals surface area contributed by atoms with Crippen LogP contribution in [0.2, 0.25) is 0 Å². The van der Waals surface area contributed by atoms with Crippen LogP contribution < -0.4 is 4.74 Å². The molecule has 0 amide bonds. The highest BCUT2D eigenvalue weighted by atomic mass is 16.6. The molecule has 4 heterocycles. The van der Waals surface area contributed by atoms with E-state index in [-0.39, 0.29) is 5.69 Å². The molecule has 0 saturated heterocycles. The van der Waals surface area contributed by atoms with Crippen molar-refractivity contribution in [3.63, 3.8) is 0 Å². The molecule has 0 radical (unpaired) electrons. The minimum atomic E-state index is -0.392. The summed E-state index contributed by atoms with van der Waals surface area (Å²) in [7, 11) is 7.59. The van der Waals surface area contributed by atoms with Crippen LogP contribution in [0.1, 0.15) is 121 Å². The smallest absolute Gasteiger partial charge is 0.269 e. The molecule has 0 aliphatic heterocycles. The van der Waals surface area contributed by atoms with E-state index in [1.807, 2.05) is 72.3 Å². The number of methoxy groups -OCH3 is 1. The second-order valence-corrected chi connectivity index (χ2v) is 13.1. The summed E-state index contributed by atoms with van der Waals surface area (Å²) in [5, 5.41) is 19.7. The van der Waals surface area contributed by atoms with E-state index >= 15 is 0 Å². The summed E-state index contributed by atoms with van der Waals surface area (Å²) in [4.78, 5) is 18.6. The van der Waals surface area contributed by atoms with Crippen molar-refractivity contribution in [3.05, 3.63) is 100 Å². The molecule has 5 aromatic rings. The Balaban J connectivity index is 0.000000321. The van der Waals surface area contributed by atoms with Crippen molar-refractivity contribution < 1.29 is 9.66 Å². The lowest BCUT2D eigenvalue weighted by molar-refractivity contribution is -0.384. The molecule has 0 bridgehead atoms. The van der Waals surface area contributed by atoms with Gasteiger partial charge in [-0.1, -0.05) is 86.0 Å². The van der Waals surface area contributed by atoms with Crippen molar-refractivity contribution >= 4 is 5.69 Å². The van der Waals surface area contributed by atoms with Gasteiger partial charge in [-0.2, -0.15) is 10.2 Å². The third-order valence-corrected chi connectivity index (χ3v) is 9.07. The molecule has 53 heavy (non-hydrogen) atoms. The van der Waals surface area contributed by atoms with Gasteiger partial charge in [-0.05, 0) is 49.8 Å². The first-order valence-corrected chi connectivity index (χ1v) is 19.4. The number of rotatable bonds is 17. The molecule has 0 spiro atoms. The Hall–Kier alpha value is -4.74. The fraction of sp³-hybridized carbons (Fsp3) is 0.561. The van der Waals surface area contributed by atoms with Gasteiger partial charge in [0.1, 0.15) is 5.82 Å². The zero-order chi connectivity index (χ0) is 39.0. The number of ether oxygens (including phenoxy) is 1. The number of aryl methyl sites for hydroxylation is 7. The number of aromatic nitrogens is 8. The summed E-state index contributed by atoms with van der Waals surface area (Å²) < 4.78 is 13.3. The van der Waals surface area contributed by atoms with Crippen LogP contribution in [-0.4, -0.2) is 50.7 Å². The third-order valence-electron chi connectivity index (χ3n) is 9.07. The predicted molar refractivity (Wildman–Crippen MR) is 215 cm³/mol. The van der Waals surface area contributed by atoms with Gasteiger partial charge < -0.3 is 13.9 Å². The van der Waals surface area contributed by atoms with E-state index in [4.69, 9.17) is 9.84 Å². The van der Waals surface area contributed by atoms with Crippen molar-refractivity contribution in [1.29, 1.82) is 0 Å². The van der Waals surface area contributed by atoms with Crippen LogP contribution in [0.3, 0.4) is 0 Å². The van der Waals surface area contributed by atoms with E-state index in [0.29, 0.717) is 0 Å². The molecule has 12 nitrogen and oxygen atoms in total. The minimum absolute atomic E-state index is 0.0745. The highest BCUT2D eigenvalue weighted by Gasteiger charge is 2.18. The Morgan fingerprint density at radius 3 is 1.85 bits per heavy atom. The average molecular weight is 732 g/mol. The third kappa shape index (κ3) is 15.4. The first-order valence-electron chi connectivity index (χ1n) is 19.4. The summed E-state index contributed by atoms with van der Waals surface area (Å²) in [5.74, 6) is 1.87. The second-order valence-electron chi connectivity index (χ2n) is 13.1. The molecular formula is C41H65N9O3. The van der Waals surface area contributed by atoms with Crippen LogP contribution in [0.25, 0.3) is 5.69 Å². The number of non-ortho nitro benzene ring substituents is 1. The normalized spacial score (nSPS) is 10.4. The van der Waals surface area contributed by atoms with Crippen molar-refractivity contribution in [2.45, 2.75) is 125 Å². The van der Waals surface area contributed by atoms with Gasteiger partial charge in [0.25, 0.3) is 5.69 Å². The maximum Gasteiger partial charge on any atom is 0.269 e. The van der Waals surface area contributed by atoms with E-state index in [2.05, 4.69) is 49.7 Å². The van der Waals surface area contributed by atoms with Crippen LogP contribution in [-0.2, 0) is 53.2 Å². The molecule has 0 aliphatic carbocycles. The van der Waals surface area contributed by atoms with Crippen LogP contribution in [0.15, 0.2) is 61.6 Å². The van der Waals surface area contributed by atoms with Crippen LogP contribution >= 0.6 is 0 Å². The van der Waals surface area contributed by atoms with Crippen molar-refractivity contribution in [3.8, 4) is 11.6 Å². The minimum Gasteiger partial charge on any atom is -0.481 e. The molecule has 0 aliphatic rings. The van der Waals surface area contributed by atoms with E-state index in [9.17, 15) is 10.1 Å². The molecular weight excluding hydrogens is 667 g/mol. The summed E-state index contributed by atoms with van der Waals surface area (Å²) in [5.41, 5.74) is 5.64. The molecule has 292 valence electrons. The van der Waals surface area contributed by atoms with E-state index in [1.165, 1.54) is 74.8 Å². The van der Waals surface area contributed by atoms with Gasteiger partial charge >= 0.3 is 0 Å². The molecule has 12 heteroatoms. The maximum absolute atomic E-state index is 10.9. The van der Waals surface area contributed by atoms with Crippen molar-refractivity contribution in [2.75, 3.05) is 7.11 Å². The van der Waals surface area contributed by atoms with Gasteiger partial charge in [0.15, 0.2) is 0 Å². The quantitative estimate of drug-likeness (QED) is 0.0530. The van der Waals surface area contributed by atoms with Gasteiger partial charge in [-0.15, -0.1) is 0 Å². The lowest BCUT2D eigenvalue weighted by atomic mass is 10.0. The number of hydrogen-bond acceptors (Lipinski definition) is 7. The van der Waals surface area contributed by atoms with E-state index in [1.54, 1.807) is 23.9 Å². The van der Waals surface area contributed by atoms with Gasteiger partial charge in [-0.25, -0.2) is 14.6 Å². The number of nitrogens with zero attached hydrogens (tertiary/aromatic N) is 9. The van der Waals surface area contributed by atoms with Crippen LogP contribution in [0.4, 0.5) is 5.69 Å². The SMILES string of the molecule is CCCCCCCCCCCc1nn(-c2ccc([N+](=O)[O-])cc2)c(OC)c1CC.CCc1cncn1C.CCc1cnn(C)c1.CCc1nccn1C. The van der Waals surface area contributed by atoms with Gasteiger partial charge in [0.05, 0.1) is 35.9 Å². The Labute approximate surface area is 317 Å². The summed E-state index contributed by atoms with van der Waals surface area (Å²) in [6, 6.07) is 6.44. The second kappa shape index (κ2) is 25.3. The fourth-order valence-electron chi connectivity index (χ4n) is 5.85. The zero-order valence-corrected chi connectivity index (χ0v) is 33.9. The number of imidazole rings is 2. The lowest BCUT2D eigenvalue weighted by Gasteiger charge is -2.07. The van der Waals surface area contributed by atoms with Crippen molar-refractivity contribution in [1.82, 2.24) is 38.7 Å². The molecule has 0 N–H and O–H groups in total. The molecule has 0 fully saturated rings. The number of nitro groups is 1.